The lowest BCUT2D eigenvalue weighted by molar-refractivity contribution is 0.0877. The highest BCUT2D eigenvalue weighted by Crippen LogP contribution is 1.97. The molecule has 1 heterocycles. The van der Waals surface area contributed by atoms with Gasteiger partial charge in [0.2, 0.25) is 0 Å². The molecular weight excluding hydrogens is 206 g/mol. The number of hydrogen-bond acceptors (Lipinski definition) is 4. The van der Waals surface area contributed by atoms with Crippen LogP contribution in [0.3, 0.4) is 0 Å². The van der Waals surface area contributed by atoms with Gasteiger partial charge in [0.1, 0.15) is 6.61 Å². The Morgan fingerprint density at radius 1 is 1.31 bits per heavy atom. The first-order valence-electron chi connectivity index (χ1n) is 6.12. The van der Waals surface area contributed by atoms with Gasteiger partial charge in [-0.2, -0.15) is 0 Å². The normalized spacial score (nSPS) is 16.6. The highest BCUT2D eigenvalue weighted by atomic mass is 16.6. The number of carbonyl (C=O) groups excluding carboxylic acids is 1. The van der Waals surface area contributed by atoms with Crippen LogP contribution in [-0.4, -0.2) is 68.3 Å². The highest BCUT2D eigenvalue weighted by Gasteiger charge is 2.17. The fourth-order valence-electron chi connectivity index (χ4n) is 1.74. The lowest BCUT2D eigenvalue weighted by Gasteiger charge is -2.27. The molecule has 16 heavy (non-hydrogen) atoms. The molecule has 5 heteroatoms. The molecule has 1 N–H and O–H groups in total. The van der Waals surface area contributed by atoms with Gasteiger partial charge in [0.25, 0.3) is 0 Å². The molecule has 5 nitrogen and oxygen atoms in total. The van der Waals surface area contributed by atoms with Gasteiger partial charge in [0, 0.05) is 32.7 Å². The van der Waals surface area contributed by atoms with E-state index >= 15 is 0 Å². The van der Waals surface area contributed by atoms with Gasteiger partial charge in [0.15, 0.2) is 0 Å². The topological polar surface area (TPSA) is 44.8 Å². The Hall–Kier alpha value is -0.810. The van der Waals surface area contributed by atoms with Crippen molar-refractivity contribution < 1.29 is 9.53 Å². The van der Waals surface area contributed by atoms with Crippen molar-refractivity contribution >= 4 is 6.09 Å². The summed E-state index contributed by atoms with van der Waals surface area (Å²) in [5.41, 5.74) is 0. The summed E-state index contributed by atoms with van der Waals surface area (Å²) >= 11 is 0. The van der Waals surface area contributed by atoms with Gasteiger partial charge in [-0.05, 0) is 13.1 Å². The van der Waals surface area contributed by atoms with Gasteiger partial charge in [-0.15, -0.1) is 0 Å². The van der Waals surface area contributed by atoms with Crippen LogP contribution in [0, 0.1) is 0 Å². The molecule has 0 aromatic heterocycles. The van der Waals surface area contributed by atoms with Gasteiger partial charge in [-0.1, -0.05) is 13.8 Å². The molecule has 0 radical (unpaired) electrons. The average Bonchev–Trinajstić information content (AvgIpc) is 2.35. The molecule has 0 spiro atoms. The van der Waals surface area contributed by atoms with E-state index in [-0.39, 0.29) is 6.09 Å². The van der Waals surface area contributed by atoms with Crippen LogP contribution >= 0.6 is 0 Å². The van der Waals surface area contributed by atoms with E-state index in [1.54, 1.807) is 4.90 Å². The number of likely N-dealkylation sites (N-methyl/N-ethyl adjacent to an activating group) is 1. The first kappa shape index (κ1) is 13.3. The second-order valence-corrected chi connectivity index (χ2v) is 3.88. The van der Waals surface area contributed by atoms with Crippen molar-refractivity contribution in [2.24, 2.45) is 0 Å². The van der Waals surface area contributed by atoms with Gasteiger partial charge in [-0.25, -0.2) is 4.79 Å². The fourth-order valence-corrected chi connectivity index (χ4v) is 1.74. The molecule has 1 rings (SSSR count). The van der Waals surface area contributed by atoms with Crippen molar-refractivity contribution in [3.05, 3.63) is 0 Å². The van der Waals surface area contributed by atoms with Gasteiger partial charge >= 0.3 is 6.09 Å². The van der Waals surface area contributed by atoms with Crippen LogP contribution < -0.4 is 5.32 Å². The molecule has 0 aliphatic carbocycles. The van der Waals surface area contributed by atoms with Crippen LogP contribution in [0.2, 0.25) is 0 Å². The number of nitrogens with one attached hydrogen (secondary N) is 1. The molecule has 0 saturated carbocycles. The lowest BCUT2D eigenvalue weighted by atomic mass is 10.4. The number of rotatable bonds is 5. The lowest BCUT2D eigenvalue weighted by Crippen LogP contribution is -2.47. The first-order chi connectivity index (χ1) is 7.77. The molecule has 1 aliphatic heterocycles. The number of ether oxygens (including phenoxy) is 1. The van der Waals surface area contributed by atoms with Gasteiger partial charge in [-0.3, -0.25) is 0 Å². The summed E-state index contributed by atoms with van der Waals surface area (Å²) in [6.45, 7) is 10.8. The highest BCUT2D eigenvalue weighted by molar-refractivity contribution is 5.67. The smallest absolute Gasteiger partial charge is 0.409 e. The monoisotopic (exact) mass is 229 g/mol. The zero-order valence-electron chi connectivity index (χ0n) is 10.4. The zero-order chi connectivity index (χ0) is 11.8. The van der Waals surface area contributed by atoms with Crippen LogP contribution in [0.5, 0.6) is 0 Å². The minimum atomic E-state index is -0.173. The Bertz CT molecular complexity index is 201. The van der Waals surface area contributed by atoms with E-state index in [0.29, 0.717) is 6.61 Å². The Morgan fingerprint density at radius 3 is 2.50 bits per heavy atom. The molecule has 0 atom stereocenters. The summed E-state index contributed by atoms with van der Waals surface area (Å²) in [7, 11) is 0. The van der Waals surface area contributed by atoms with Crippen LogP contribution in [0.15, 0.2) is 0 Å². The van der Waals surface area contributed by atoms with Gasteiger partial charge in [0.05, 0.1) is 0 Å². The zero-order valence-corrected chi connectivity index (χ0v) is 10.4. The molecule has 1 saturated heterocycles. The molecule has 1 aliphatic rings. The number of carbonyl (C=O) groups is 1. The Kier molecular flexibility index (Phi) is 6.18. The predicted octanol–water partition coefficient (Wildman–Crippen LogP) is 0.370. The van der Waals surface area contributed by atoms with Crippen LogP contribution in [0.4, 0.5) is 4.79 Å². The van der Waals surface area contributed by atoms with Crippen LogP contribution in [0.1, 0.15) is 13.8 Å². The molecule has 1 fully saturated rings. The van der Waals surface area contributed by atoms with E-state index in [0.717, 1.165) is 45.8 Å². The summed E-state index contributed by atoms with van der Waals surface area (Å²) in [4.78, 5) is 15.6. The number of piperazine rings is 1. The molecule has 0 aromatic carbocycles. The summed E-state index contributed by atoms with van der Waals surface area (Å²) in [6.07, 6.45) is -0.173. The van der Waals surface area contributed by atoms with Crippen LogP contribution in [-0.2, 0) is 4.74 Å². The third-order valence-corrected chi connectivity index (χ3v) is 2.90. The Balaban J connectivity index is 2.13. The number of amides is 1. The van der Waals surface area contributed by atoms with E-state index in [4.69, 9.17) is 4.74 Å². The molecular formula is C11H23N3O2. The Labute approximate surface area is 97.7 Å². The van der Waals surface area contributed by atoms with E-state index in [1.165, 1.54) is 0 Å². The molecule has 0 bridgehead atoms. The minimum Gasteiger partial charge on any atom is -0.448 e. The maximum absolute atomic E-state index is 11.6. The maximum Gasteiger partial charge on any atom is 0.409 e. The minimum absolute atomic E-state index is 0.173. The first-order valence-corrected chi connectivity index (χ1v) is 6.12. The largest absolute Gasteiger partial charge is 0.448 e. The fraction of sp³-hybridized carbons (Fsp3) is 0.909. The van der Waals surface area contributed by atoms with Crippen molar-refractivity contribution in [2.45, 2.75) is 13.8 Å². The molecule has 94 valence electrons. The van der Waals surface area contributed by atoms with Crippen molar-refractivity contribution in [3.8, 4) is 0 Å². The number of hydrogen-bond donors (Lipinski definition) is 1. The summed E-state index contributed by atoms with van der Waals surface area (Å²) in [5.74, 6) is 0. The van der Waals surface area contributed by atoms with E-state index in [2.05, 4.69) is 24.1 Å². The maximum atomic E-state index is 11.6. The van der Waals surface area contributed by atoms with E-state index < -0.39 is 0 Å². The third-order valence-electron chi connectivity index (χ3n) is 2.90. The molecule has 0 aromatic rings. The predicted molar refractivity (Wildman–Crippen MR) is 63.6 cm³/mol. The average molecular weight is 229 g/mol. The summed E-state index contributed by atoms with van der Waals surface area (Å²) in [5, 5.41) is 3.20. The Morgan fingerprint density at radius 2 is 1.94 bits per heavy atom. The van der Waals surface area contributed by atoms with Crippen LogP contribution in [0.25, 0.3) is 0 Å². The molecule has 0 unspecified atom stereocenters. The van der Waals surface area contributed by atoms with E-state index in [9.17, 15) is 4.79 Å². The van der Waals surface area contributed by atoms with Crippen molar-refractivity contribution in [1.82, 2.24) is 15.1 Å². The van der Waals surface area contributed by atoms with Crippen molar-refractivity contribution in [2.75, 3.05) is 52.4 Å². The van der Waals surface area contributed by atoms with E-state index in [1.807, 2.05) is 0 Å². The van der Waals surface area contributed by atoms with Gasteiger partial charge < -0.3 is 19.9 Å². The molecule has 1 amide bonds. The number of nitrogens with zero attached hydrogens (tertiary/aromatic N) is 2. The second kappa shape index (κ2) is 7.46. The third kappa shape index (κ3) is 4.37. The summed E-state index contributed by atoms with van der Waals surface area (Å²) in [6, 6.07) is 0. The standard InChI is InChI=1S/C11H23N3O2/c1-3-13(4-2)9-10-16-11(15)14-7-5-12-6-8-14/h12H,3-10H2,1-2H3. The van der Waals surface area contributed by atoms with Crippen molar-refractivity contribution in [1.29, 1.82) is 0 Å². The van der Waals surface area contributed by atoms with Crippen molar-refractivity contribution in [3.63, 3.8) is 0 Å². The quantitative estimate of drug-likeness (QED) is 0.740. The SMILES string of the molecule is CCN(CC)CCOC(=O)N1CCNCC1. The summed E-state index contributed by atoms with van der Waals surface area (Å²) < 4.78 is 5.23. The second-order valence-electron chi connectivity index (χ2n) is 3.88.